The number of carbonyl (C=O) groups excluding carboxylic acids is 2. The number of halogens is 1. The Hall–Kier alpha value is -2.44. The van der Waals surface area contributed by atoms with Crippen LogP contribution in [0.3, 0.4) is 0 Å². The van der Waals surface area contributed by atoms with Crippen molar-refractivity contribution in [2.24, 2.45) is 11.8 Å². The van der Waals surface area contributed by atoms with Gasteiger partial charge in [0.15, 0.2) is 0 Å². The third-order valence-electron chi connectivity index (χ3n) is 4.43. The van der Waals surface area contributed by atoms with Gasteiger partial charge >= 0.3 is 12.0 Å². The highest BCUT2D eigenvalue weighted by molar-refractivity contribution is 6.07. The molecule has 1 heterocycles. The van der Waals surface area contributed by atoms with Crippen molar-refractivity contribution in [2.75, 3.05) is 0 Å². The summed E-state index contributed by atoms with van der Waals surface area (Å²) in [6.45, 7) is 0. The van der Waals surface area contributed by atoms with Gasteiger partial charge in [0, 0.05) is 5.92 Å². The Labute approximate surface area is 125 Å². The standard InChI is InChI=1S/C15H15FN2O4/c16-9-3-1-8(2-4-9)5-6-15(11-7-10(11)12(19)20)13(21)17-14(22)18-15/h1-4,10-11H,5-7H2,(H,19,20)(H2,17,18,21,22)/t10-,11-,15?/m0/s1. The van der Waals surface area contributed by atoms with Gasteiger partial charge in [0.1, 0.15) is 11.4 Å². The van der Waals surface area contributed by atoms with Crippen LogP contribution in [-0.4, -0.2) is 28.6 Å². The first-order valence-corrected chi connectivity index (χ1v) is 7.03. The molecule has 7 heteroatoms. The fourth-order valence-corrected chi connectivity index (χ4v) is 3.13. The molecule has 6 nitrogen and oxygen atoms in total. The summed E-state index contributed by atoms with van der Waals surface area (Å²) in [5, 5.41) is 13.9. The molecule has 1 saturated heterocycles. The summed E-state index contributed by atoms with van der Waals surface area (Å²) in [5.74, 6) is -2.80. The summed E-state index contributed by atoms with van der Waals surface area (Å²) in [6.07, 6.45) is 1.09. The summed E-state index contributed by atoms with van der Waals surface area (Å²) in [4.78, 5) is 34.8. The Kier molecular flexibility index (Phi) is 3.35. The number of imide groups is 1. The number of aliphatic carboxylic acids is 1. The van der Waals surface area contributed by atoms with Gasteiger partial charge in [-0.05, 0) is 37.0 Å². The molecule has 3 amide bonds. The minimum Gasteiger partial charge on any atom is -0.481 e. The predicted molar refractivity (Wildman–Crippen MR) is 73.4 cm³/mol. The quantitative estimate of drug-likeness (QED) is 0.709. The Balaban J connectivity index is 1.78. The van der Waals surface area contributed by atoms with Gasteiger partial charge in [-0.25, -0.2) is 9.18 Å². The largest absolute Gasteiger partial charge is 0.481 e. The molecule has 116 valence electrons. The monoisotopic (exact) mass is 306 g/mol. The lowest BCUT2D eigenvalue weighted by molar-refractivity contribution is -0.139. The normalized spacial score (nSPS) is 29.9. The molecule has 2 aliphatic rings. The number of amides is 3. The first-order valence-electron chi connectivity index (χ1n) is 7.03. The van der Waals surface area contributed by atoms with E-state index in [9.17, 15) is 18.8 Å². The van der Waals surface area contributed by atoms with Crippen LogP contribution in [0.4, 0.5) is 9.18 Å². The zero-order valence-corrected chi connectivity index (χ0v) is 11.6. The summed E-state index contributed by atoms with van der Waals surface area (Å²) in [6, 6.07) is 5.28. The number of carbonyl (C=O) groups is 3. The Morgan fingerprint density at radius 1 is 1.32 bits per heavy atom. The fourth-order valence-electron chi connectivity index (χ4n) is 3.13. The molecule has 1 saturated carbocycles. The van der Waals surface area contributed by atoms with E-state index in [1.54, 1.807) is 12.1 Å². The van der Waals surface area contributed by atoms with Crippen molar-refractivity contribution in [3.05, 3.63) is 35.6 Å². The molecular weight excluding hydrogens is 291 g/mol. The van der Waals surface area contributed by atoms with Crippen LogP contribution in [0, 0.1) is 17.7 Å². The van der Waals surface area contributed by atoms with Crippen molar-refractivity contribution in [3.63, 3.8) is 0 Å². The van der Waals surface area contributed by atoms with E-state index in [1.165, 1.54) is 12.1 Å². The number of nitrogens with one attached hydrogen (secondary N) is 2. The molecular formula is C15H15FN2O4. The molecule has 1 aromatic carbocycles. The number of carboxylic acids is 1. The maximum absolute atomic E-state index is 12.9. The van der Waals surface area contributed by atoms with Crippen LogP contribution in [0.1, 0.15) is 18.4 Å². The molecule has 1 aliphatic heterocycles. The molecule has 0 spiro atoms. The number of carboxylic acid groups (broad SMARTS) is 1. The average molecular weight is 306 g/mol. The summed E-state index contributed by atoms with van der Waals surface area (Å²) < 4.78 is 12.9. The highest BCUT2D eigenvalue weighted by atomic mass is 19.1. The molecule has 0 aromatic heterocycles. The maximum Gasteiger partial charge on any atom is 0.322 e. The Morgan fingerprint density at radius 2 is 2.00 bits per heavy atom. The summed E-state index contributed by atoms with van der Waals surface area (Å²) in [5.41, 5.74) is -0.364. The van der Waals surface area contributed by atoms with Crippen molar-refractivity contribution < 1.29 is 23.9 Å². The second kappa shape index (κ2) is 5.08. The van der Waals surface area contributed by atoms with Crippen molar-refractivity contribution in [1.29, 1.82) is 0 Å². The van der Waals surface area contributed by atoms with E-state index in [-0.39, 0.29) is 12.2 Å². The van der Waals surface area contributed by atoms with Gasteiger partial charge in [0.05, 0.1) is 5.92 Å². The molecule has 0 radical (unpaired) electrons. The van der Waals surface area contributed by atoms with Crippen molar-refractivity contribution in [2.45, 2.75) is 24.8 Å². The molecule has 3 N–H and O–H groups in total. The van der Waals surface area contributed by atoms with Gasteiger partial charge in [-0.1, -0.05) is 12.1 Å². The van der Waals surface area contributed by atoms with Crippen LogP contribution in [0.15, 0.2) is 24.3 Å². The SMILES string of the molecule is O=C1NC(=O)C(CCc2ccc(F)cc2)([C@H]2C[C@@H]2C(=O)O)N1. The highest BCUT2D eigenvalue weighted by Crippen LogP contribution is 2.49. The van der Waals surface area contributed by atoms with E-state index < -0.39 is 35.3 Å². The number of urea groups is 1. The lowest BCUT2D eigenvalue weighted by Gasteiger charge is -2.26. The zero-order valence-electron chi connectivity index (χ0n) is 11.6. The predicted octanol–water partition coefficient (Wildman–Crippen LogP) is 1.06. The van der Waals surface area contributed by atoms with E-state index in [0.717, 1.165) is 5.56 Å². The molecule has 2 fully saturated rings. The third-order valence-corrected chi connectivity index (χ3v) is 4.43. The molecule has 1 unspecified atom stereocenters. The Bertz CT molecular complexity index is 645. The highest BCUT2D eigenvalue weighted by Gasteiger charge is 2.62. The van der Waals surface area contributed by atoms with Crippen molar-refractivity contribution in [1.82, 2.24) is 10.6 Å². The molecule has 1 aromatic rings. The maximum atomic E-state index is 12.9. The van der Waals surface area contributed by atoms with Crippen LogP contribution >= 0.6 is 0 Å². The van der Waals surface area contributed by atoms with Gasteiger partial charge in [-0.15, -0.1) is 0 Å². The molecule has 3 rings (SSSR count). The average Bonchev–Trinajstić information content (AvgIpc) is 3.21. The summed E-state index contributed by atoms with van der Waals surface area (Å²) in [7, 11) is 0. The van der Waals surface area contributed by atoms with E-state index >= 15 is 0 Å². The number of benzene rings is 1. The second-order valence-electron chi connectivity index (χ2n) is 5.79. The third kappa shape index (κ3) is 2.43. The number of rotatable bonds is 5. The first-order chi connectivity index (χ1) is 10.4. The number of aryl methyl sites for hydroxylation is 1. The smallest absolute Gasteiger partial charge is 0.322 e. The zero-order chi connectivity index (χ0) is 15.9. The first kappa shape index (κ1) is 14.5. The van der Waals surface area contributed by atoms with Gasteiger partial charge in [0.25, 0.3) is 5.91 Å². The topological polar surface area (TPSA) is 95.5 Å². The molecule has 0 bridgehead atoms. The van der Waals surface area contributed by atoms with E-state index in [4.69, 9.17) is 5.11 Å². The van der Waals surface area contributed by atoms with Crippen LogP contribution in [0.2, 0.25) is 0 Å². The van der Waals surface area contributed by atoms with Crippen LogP contribution in [0.25, 0.3) is 0 Å². The lowest BCUT2D eigenvalue weighted by Crippen LogP contribution is -2.50. The lowest BCUT2D eigenvalue weighted by atomic mass is 9.85. The van der Waals surface area contributed by atoms with Crippen LogP contribution in [0.5, 0.6) is 0 Å². The van der Waals surface area contributed by atoms with Gasteiger partial charge < -0.3 is 10.4 Å². The van der Waals surface area contributed by atoms with Crippen LogP contribution < -0.4 is 10.6 Å². The van der Waals surface area contributed by atoms with Crippen molar-refractivity contribution in [3.8, 4) is 0 Å². The van der Waals surface area contributed by atoms with E-state index in [0.29, 0.717) is 12.8 Å². The van der Waals surface area contributed by atoms with Crippen LogP contribution in [-0.2, 0) is 16.0 Å². The van der Waals surface area contributed by atoms with Gasteiger partial charge in [-0.3, -0.25) is 14.9 Å². The van der Waals surface area contributed by atoms with Crippen molar-refractivity contribution >= 4 is 17.9 Å². The minimum absolute atomic E-state index is 0.282. The van der Waals surface area contributed by atoms with E-state index in [1.807, 2.05) is 0 Å². The number of hydrogen-bond donors (Lipinski definition) is 3. The van der Waals surface area contributed by atoms with Gasteiger partial charge in [0.2, 0.25) is 0 Å². The molecule has 22 heavy (non-hydrogen) atoms. The fraction of sp³-hybridized carbons (Fsp3) is 0.400. The number of hydrogen-bond acceptors (Lipinski definition) is 3. The minimum atomic E-state index is -1.19. The molecule has 1 aliphatic carbocycles. The Morgan fingerprint density at radius 3 is 2.50 bits per heavy atom. The van der Waals surface area contributed by atoms with E-state index in [2.05, 4.69) is 10.6 Å². The molecule has 3 atom stereocenters. The second-order valence-corrected chi connectivity index (χ2v) is 5.79. The summed E-state index contributed by atoms with van der Waals surface area (Å²) >= 11 is 0. The van der Waals surface area contributed by atoms with Gasteiger partial charge in [-0.2, -0.15) is 0 Å².